The van der Waals surface area contributed by atoms with Crippen LogP contribution in [0.1, 0.15) is 0 Å². The number of methoxy groups -OCH3 is 1. The largest absolute Gasteiger partial charge is 0.508 e. The Morgan fingerprint density at radius 3 is 2.53 bits per heavy atom. The van der Waals surface area contributed by atoms with E-state index in [2.05, 4.69) is 10.1 Å². The van der Waals surface area contributed by atoms with Crippen molar-refractivity contribution >= 4 is 11.4 Å². The third-order valence-corrected chi connectivity index (χ3v) is 1.61. The maximum absolute atomic E-state index is 10.5. The van der Waals surface area contributed by atoms with Crippen molar-refractivity contribution < 1.29 is 19.9 Å². The van der Waals surface area contributed by atoms with E-state index in [1.54, 1.807) is 14.2 Å². The standard InChI is InChI=1S/C8H10N2O4.C2H6O/c11-4-3-9-7-2-1-6(12)5-8(7)10(13)14;1-3-2/h1-2,5,9,11-12H,3-4H2;1-2H3. The fourth-order valence-electron chi connectivity index (χ4n) is 1.01. The number of nitro groups is 1. The van der Waals surface area contributed by atoms with Gasteiger partial charge in [0.1, 0.15) is 11.4 Å². The lowest BCUT2D eigenvalue weighted by Gasteiger charge is -2.04. The Morgan fingerprint density at radius 1 is 1.47 bits per heavy atom. The molecule has 17 heavy (non-hydrogen) atoms. The van der Waals surface area contributed by atoms with Crippen molar-refractivity contribution in [3.8, 4) is 5.75 Å². The first-order chi connectivity index (χ1) is 8.06. The Kier molecular flexibility index (Phi) is 7.40. The second kappa shape index (κ2) is 8.31. The maximum atomic E-state index is 10.5. The summed E-state index contributed by atoms with van der Waals surface area (Å²) in [6, 6.07) is 3.79. The number of anilines is 1. The number of aliphatic hydroxyl groups is 1. The van der Waals surface area contributed by atoms with Crippen LogP contribution < -0.4 is 5.32 Å². The zero-order valence-electron chi connectivity index (χ0n) is 9.71. The fraction of sp³-hybridized carbons (Fsp3) is 0.400. The molecular weight excluding hydrogens is 228 g/mol. The first kappa shape index (κ1) is 15.1. The van der Waals surface area contributed by atoms with E-state index in [1.165, 1.54) is 12.1 Å². The number of nitrogens with zero attached hydrogens (tertiary/aromatic N) is 1. The van der Waals surface area contributed by atoms with Gasteiger partial charge in [0.05, 0.1) is 17.6 Å². The SMILES string of the molecule is COC.O=[N+]([O-])c1cc(O)ccc1NCCO. The second-order valence-electron chi connectivity index (χ2n) is 3.02. The normalized spacial score (nSPS) is 9.12. The van der Waals surface area contributed by atoms with Crippen LogP contribution in [0, 0.1) is 10.1 Å². The molecule has 0 heterocycles. The lowest BCUT2D eigenvalue weighted by molar-refractivity contribution is -0.384. The van der Waals surface area contributed by atoms with Gasteiger partial charge in [-0.15, -0.1) is 0 Å². The first-order valence-corrected chi connectivity index (χ1v) is 4.79. The van der Waals surface area contributed by atoms with Crippen molar-refractivity contribution in [2.75, 3.05) is 32.7 Å². The highest BCUT2D eigenvalue weighted by molar-refractivity contribution is 5.63. The summed E-state index contributed by atoms with van der Waals surface area (Å²) in [6.45, 7) is 0.115. The van der Waals surface area contributed by atoms with Gasteiger partial charge in [-0.25, -0.2) is 0 Å². The van der Waals surface area contributed by atoms with Gasteiger partial charge in [0.15, 0.2) is 0 Å². The lowest BCUT2D eigenvalue weighted by Crippen LogP contribution is -2.07. The summed E-state index contributed by atoms with van der Waals surface area (Å²) in [5, 5.41) is 30.8. The summed E-state index contributed by atoms with van der Waals surface area (Å²) in [5.41, 5.74) is 0.0697. The molecule has 7 heteroatoms. The van der Waals surface area contributed by atoms with Crippen LogP contribution in [-0.4, -0.2) is 42.5 Å². The number of aliphatic hydroxyl groups excluding tert-OH is 1. The van der Waals surface area contributed by atoms with Gasteiger partial charge in [-0.05, 0) is 12.1 Å². The van der Waals surface area contributed by atoms with Gasteiger partial charge in [0.25, 0.3) is 5.69 Å². The van der Waals surface area contributed by atoms with Gasteiger partial charge in [-0.2, -0.15) is 0 Å². The minimum Gasteiger partial charge on any atom is -0.508 e. The first-order valence-electron chi connectivity index (χ1n) is 4.79. The Labute approximate surface area is 98.8 Å². The van der Waals surface area contributed by atoms with Gasteiger partial charge in [0, 0.05) is 20.8 Å². The predicted molar refractivity (Wildman–Crippen MR) is 63.3 cm³/mol. The van der Waals surface area contributed by atoms with Gasteiger partial charge in [0.2, 0.25) is 0 Å². The fourth-order valence-corrected chi connectivity index (χ4v) is 1.01. The minimum atomic E-state index is -0.598. The smallest absolute Gasteiger partial charge is 0.296 e. The van der Waals surface area contributed by atoms with Crippen molar-refractivity contribution in [2.45, 2.75) is 0 Å². The maximum Gasteiger partial charge on any atom is 0.296 e. The molecule has 0 atom stereocenters. The van der Waals surface area contributed by atoms with Crippen LogP contribution >= 0.6 is 0 Å². The molecule has 0 aliphatic carbocycles. The third kappa shape index (κ3) is 5.69. The highest BCUT2D eigenvalue weighted by Crippen LogP contribution is 2.27. The Balaban J connectivity index is 0.000000770. The van der Waals surface area contributed by atoms with Crippen molar-refractivity contribution in [3.63, 3.8) is 0 Å². The van der Waals surface area contributed by atoms with Crippen LogP contribution in [0.4, 0.5) is 11.4 Å². The molecule has 0 saturated heterocycles. The van der Waals surface area contributed by atoms with Gasteiger partial charge >= 0.3 is 0 Å². The number of ether oxygens (including phenoxy) is 1. The molecule has 0 aliphatic rings. The quantitative estimate of drug-likeness (QED) is 0.414. The number of rotatable bonds is 4. The summed E-state index contributed by atoms with van der Waals surface area (Å²) < 4.78 is 4.25. The molecule has 0 radical (unpaired) electrons. The Hall–Kier alpha value is -1.86. The molecule has 96 valence electrons. The lowest BCUT2D eigenvalue weighted by atomic mass is 10.2. The number of phenolic OH excluding ortho intramolecular Hbond substituents is 1. The molecule has 0 saturated carbocycles. The van der Waals surface area contributed by atoms with Crippen LogP contribution in [0.5, 0.6) is 5.75 Å². The molecule has 0 aromatic heterocycles. The monoisotopic (exact) mass is 244 g/mol. The topological polar surface area (TPSA) is 105 Å². The Bertz CT molecular complexity index is 357. The van der Waals surface area contributed by atoms with E-state index in [1.807, 2.05) is 0 Å². The summed E-state index contributed by atoms with van der Waals surface area (Å²) in [7, 11) is 3.25. The number of hydrogen-bond acceptors (Lipinski definition) is 6. The number of nitro benzene ring substituents is 1. The number of benzene rings is 1. The molecule has 1 rings (SSSR count). The number of aromatic hydroxyl groups is 1. The van der Waals surface area contributed by atoms with Crippen LogP contribution in [0.2, 0.25) is 0 Å². The summed E-state index contributed by atoms with van der Waals surface area (Å²) in [6.07, 6.45) is 0. The summed E-state index contributed by atoms with van der Waals surface area (Å²) >= 11 is 0. The van der Waals surface area contributed by atoms with Crippen molar-refractivity contribution in [3.05, 3.63) is 28.3 Å². The van der Waals surface area contributed by atoms with E-state index in [4.69, 9.17) is 10.2 Å². The van der Waals surface area contributed by atoms with Gasteiger partial charge in [-0.1, -0.05) is 0 Å². The van der Waals surface area contributed by atoms with Gasteiger partial charge < -0.3 is 20.3 Å². The summed E-state index contributed by atoms with van der Waals surface area (Å²) in [5.74, 6) is -0.161. The average molecular weight is 244 g/mol. The highest BCUT2D eigenvalue weighted by Gasteiger charge is 2.13. The second-order valence-corrected chi connectivity index (χ2v) is 3.02. The van der Waals surface area contributed by atoms with E-state index in [-0.39, 0.29) is 30.3 Å². The van der Waals surface area contributed by atoms with Crippen LogP contribution in [0.25, 0.3) is 0 Å². The van der Waals surface area contributed by atoms with Crippen LogP contribution in [-0.2, 0) is 4.74 Å². The van der Waals surface area contributed by atoms with Gasteiger partial charge in [-0.3, -0.25) is 10.1 Å². The van der Waals surface area contributed by atoms with Crippen molar-refractivity contribution in [1.29, 1.82) is 0 Å². The number of hydrogen-bond donors (Lipinski definition) is 3. The molecule has 1 aromatic carbocycles. The number of phenols is 1. The molecule has 3 N–H and O–H groups in total. The zero-order valence-corrected chi connectivity index (χ0v) is 9.71. The molecule has 0 aliphatic heterocycles. The van der Waals surface area contributed by atoms with Crippen molar-refractivity contribution in [1.82, 2.24) is 0 Å². The molecule has 0 fully saturated rings. The number of nitrogens with one attached hydrogen (secondary N) is 1. The van der Waals surface area contributed by atoms with E-state index >= 15 is 0 Å². The average Bonchev–Trinajstić information content (AvgIpc) is 2.28. The van der Waals surface area contributed by atoms with Crippen LogP contribution in [0.15, 0.2) is 18.2 Å². The molecule has 7 nitrogen and oxygen atoms in total. The zero-order chi connectivity index (χ0) is 13.3. The molecule has 0 amide bonds. The van der Waals surface area contributed by atoms with Crippen molar-refractivity contribution in [2.24, 2.45) is 0 Å². The van der Waals surface area contributed by atoms with E-state index < -0.39 is 4.92 Å². The van der Waals surface area contributed by atoms with E-state index in [0.717, 1.165) is 6.07 Å². The molecule has 0 bridgehead atoms. The molecule has 0 unspecified atom stereocenters. The third-order valence-electron chi connectivity index (χ3n) is 1.61. The minimum absolute atomic E-state index is 0.113. The van der Waals surface area contributed by atoms with E-state index in [9.17, 15) is 10.1 Å². The highest BCUT2D eigenvalue weighted by atomic mass is 16.6. The molecule has 1 aromatic rings. The van der Waals surface area contributed by atoms with E-state index in [0.29, 0.717) is 0 Å². The predicted octanol–water partition coefficient (Wildman–Crippen LogP) is 0.967. The van der Waals surface area contributed by atoms with Crippen LogP contribution in [0.3, 0.4) is 0 Å². The molecule has 0 spiro atoms. The molecular formula is C10H16N2O5. The summed E-state index contributed by atoms with van der Waals surface area (Å²) in [4.78, 5) is 9.93. The Morgan fingerprint density at radius 2 is 2.06 bits per heavy atom.